The molecule has 1 aliphatic rings. The summed E-state index contributed by atoms with van der Waals surface area (Å²) in [7, 11) is -7.05. The second-order valence-corrected chi connectivity index (χ2v) is 12.4. The van der Waals surface area contributed by atoms with Crippen molar-refractivity contribution in [1.82, 2.24) is 4.31 Å². The van der Waals surface area contributed by atoms with Crippen LogP contribution in [-0.2, 0) is 20.0 Å². The van der Waals surface area contributed by atoms with E-state index in [1.807, 2.05) is 19.9 Å². The monoisotopic (exact) mass is 491 g/mol. The summed E-state index contributed by atoms with van der Waals surface area (Å²) in [5.74, 6) is 0.611. The molecule has 0 saturated carbocycles. The van der Waals surface area contributed by atoms with E-state index >= 15 is 0 Å². The Morgan fingerprint density at radius 3 is 2.27 bits per heavy atom. The quantitative estimate of drug-likeness (QED) is 0.561. The lowest BCUT2D eigenvalue weighted by atomic mass is 10.1. The van der Waals surface area contributed by atoms with Gasteiger partial charge in [0.1, 0.15) is 11.9 Å². The molecular weight excluding hydrogens is 462 g/mol. The van der Waals surface area contributed by atoms with Crippen molar-refractivity contribution in [3.05, 3.63) is 54.1 Å². The van der Waals surface area contributed by atoms with Crippen LogP contribution in [0.3, 0.4) is 0 Å². The number of ether oxygens (including phenoxy) is 1. The number of piperidine rings is 1. The zero-order chi connectivity index (χ0) is 24.2. The maximum absolute atomic E-state index is 13.4. The molecule has 1 saturated heterocycles. The van der Waals surface area contributed by atoms with E-state index in [9.17, 15) is 22.1 Å². The maximum atomic E-state index is 13.4. The van der Waals surface area contributed by atoms with Gasteiger partial charge >= 0.3 is 0 Å². The summed E-state index contributed by atoms with van der Waals surface area (Å²) in [4.78, 5) is 0.129. The Hall–Kier alpha value is -2.61. The topological polar surface area (TPSA) is 108 Å². The molecule has 0 N–H and O–H groups in total. The van der Waals surface area contributed by atoms with E-state index in [0.29, 0.717) is 42.9 Å². The molecule has 0 atom stereocenters. The number of sulfonamides is 2. The standard InChI is InChI=1S/C23H29N3O5S2/c1-18(2)17-26(20-6-4-5-19(15-20)16-24)33(29,30)23-9-7-21(8-10-23)31-22-11-13-25(14-12-22)32(3,27)28/h4-10,15,18,22H,11-14,17H2,1-3H3. The van der Waals surface area contributed by atoms with Crippen molar-refractivity contribution in [3.8, 4) is 11.8 Å². The average Bonchev–Trinajstić information content (AvgIpc) is 2.77. The van der Waals surface area contributed by atoms with Crippen molar-refractivity contribution in [3.63, 3.8) is 0 Å². The van der Waals surface area contributed by atoms with Crippen LogP contribution in [0.5, 0.6) is 5.75 Å². The molecule has 2 aromatic rings. The van der Waals surface area contributed by atoms with Gasteiger partial charge in [0.25, 0.3) is 10.0 Å². The van der Waals surface area contributed by atoms with Gasteiger partial charge in [-0.15, -0.1) is 0 Å². The van der Waals surface area contributed by atoms with E-state index in [2.05, 4.69) is 0 Å². The summed E-state index contributed by atoms with van der Waals surface area (Å²) in [6, 6.07) is 14.9. The Morgan fingerprint density at radius 1 is 1.09 bits per heavy atom. The summed E-state index contributed by atoms with van der Waals surface area (Å²) in [5, 5.41) is 9.20. The molecule has 178 valence electrons. The molecule has 0 bridgehead atoms. The van der Waals surface area contributed by atoms with E-state index in [4.69, 9.17) is 4.74 Å². The van der Waals surface area contributed by atoms with Crippen molar-refractivity contribution < 1.29 is 21.6 Å². The Kier molecular flexibility index (Phi) is 7.67. The lowest BCUT2D eigenvalue weighted by Crippen LogP contribution is -2.41. The van der Waals surface area contributed by atoms with Crippen LogP contribution in [0.1, 0.15) is 32.3 Å². The molecule has 3 rings (SSSR count). The molecule has 0 amide bonds. The molecule has 1 heterocycles. The highest BCUT2D eigenvalue weighted by molar-refractivity contribution is 7.92. The second kappa shape index (κ2) is 10.1. The van der Waals surface area contributed by atoms with Crippen LogP contribution in [0.25, 0.3) is 0 Å². The van der Waals surface area contributed by atoms with Crippen LogP contribution in [-0.4, -0.2) is 53.1 Å². The first-order valence-corrected chi connectivity index (χ1v) is 14.0. The number of hydrogen-bond acceptors (Lipinski definition) is 6. The zero-order valence-corrected chi connectivity index (χ0v) is 20.6. The Labute approximate surface area is 196 Å². The Morgan fingerprint density at radius 2 is 1.73 bits per heavy atom. The predicted molar refractivity (Wildman–Crippen MR) is 127 cm³/mol. The number of benzene rings is 2. The van der Waals surface area contributed by atoms with Gasteiger partial charge in [-0.05, 0) is 61.2 Å². The smallest absolute Gasteiger partial charge is 0.264 e. The predicted octanol–water partition coefficient (Wildman–Crippen LogP) is 3.21. The van der Waals surface area contributed by atoms with Gasteiger partial charge < -0.3 is 4.74 Å². The van der Waals surface area contributed by atoms with Crippen molar-refractivity contribution >= 4 is 25.7 Å². The highest BCUT2D eigenvalue weighted by Gasteiger charge is 2.28. The minimum Gasteiger partial charge on any atom is -0.490 e. The van der Waals surface area contributed by atoms with Crippen LogP contribution >= 0.6 is 0 Å². The molecule has 0 radical (unpaired) electrons. The summed E-state index contributed by atoms with van der Waals surface area (Å²) in [6.45, 7) is 4.95. The van der Waals surface area contributed by atoms with Crippen LogP contribution in [0.4, 0.5) is 5.69 Å². The van der Waals surface area contributed by atoms with Crippen LogP contribution in [0, 0.1) is 17.2 Å². The van der Waals surface area contributed by atoms with Crippen LogP contribution < -0.4 is 9.04 Å². The molecule has 1 fully saturated rings. The van der Waals surface area contributed by atoms with Crippen LogP contribution in [0.15, 0.2) is 53.4 Å². The molecule has 0 unspecified atom stereocenters. The van der Waals surface area contributed by atoms with Crippen LogP contribution in [0.2, 0.25) is 0 Å². The molecular formula is C23H29N3O5S2. The molecule has 8 nitrogen and oxygen atoms in total. The van der Waals surface area contributed by atoms with Crippen molar-refractivity contribution in [2.45, 2.75) is 37.7 Å². The minimum absolute atomic E-state index is 0.0749. The fourth-order valence-corrected chi connectivity index (χ4v) is 6.19. The SMILES string of the molecule is CC(C)CN(c1cccc(C#N)c1)S(=O)(=O)c1ccc(OC2CCN(S(C)(=O)=O)CC2)cc1. The highest BCUT2D eigenvalue weighted by Crippen LogP contribution is 2.28. The molecule has 1 aliphatic heterocycles. The summed E-state index contributed by atoms with van der Waals surface area (Å²) in [6.07, 6.45) is 2.22. The number of nitrogens with zero attached hydrogens (tertiary/aromatic N) is 3. The third kappa shape index (κ3) is 6.25. The number of rotatable bonds is 8. The van der Waals surface area contributed by atoms with Gasteiger partial charge in [-0.2, -0.15) is 5.26 Å². The number of nitriles is 1. The molecule has 2 aromatic carbocycles. The fourth-order valence-electron chi connectivity index (χ4n) is 3.70. The third-order valence-electron chi connectivity index (χ3n) is 5.38. The van der Waals surface area contributed by atoms with E-state index < -0.39 is 20.0 Å². The molecule has 0 spiro atoms. The first-order chi connectivity index (χ1) is 15.5. The van der Waals surface area contributed by atoms with Gasteiger partial charge in [-0.1, -0.05) is 19.9 Å². The number of anilines is 1. The minimum atomic E-state index is -3.85. The maximum Gasteiger partial charge on any atom is 0.264 e. The summed E-state index contributed by atoms with van der Waals surface area (Å²) in [5.41, 5.74) is 0.836. The summed E-state index contributed by atoms with van der Waals surface area (Å²) >= 11 is 0. The molecule has 0 aliphatic carbocycles. The van der Waals surface area contributed by atoms with E-state index in [1.165, 1.54) is 27.0 Å². The van der Waals surface area contributed by atoms with Gasteiger partial charge in [0, 0.05) is 19.6 Å². The third-order valence-corrected chi connectivity index (χ3v) is 8.49. The van der Waals surface area contributed by atoms with E-state index in [1.54, 1.807) is 36.4 Å². The largest absolute Gasteiger partial charge is 0.490 e. The van der Waals surface area contributed by atoms with Gasteiger partial charge in [0.2, 0.25) is 10.0 Å². The van der Waals surface area contributed by atoms with Gasteiger partial charge in [0.05, 0.1) is 28.5 Å². The fraction of sp³-hybridized carbons (Fsp3) is 0.435. The van der Waals surface area contributed by atoms with Crippen molar-refractivity contribution in [2.24, 2.45) is 5.92 Å². The highest BCUT2D eigenvalue weighted by atomic mass is 32.2. The zero-order valence-electron chi connectivity index (χ0n) is 19.0. The van der Waals surface area contributed by atoms with Gasteiger partial charge in [0.15, 0.2) is 0 Å². The molecule has 0 aromatic heterocycles. The van der Waals surface area contributed by atoms with Gasteiger partial charge in [-0.25, -0.2) is 21.1 Å². The second-order valence-electron chi connectivity index (χ2n) is 8.54. The molecule has 10 heteroatoms. The lowest BCUT2D eigenvalue weighted by molar-refractivity contribution is 0.135. The number of hydrogen-bond donors (Lipinski definition) is 0. The van der Waals surface area contributed by atoms with E-state index in [-0.39, 0.29) is 23.5 Å². The van der Waals surface area contributed by atoms with Crippen molar-refractivity contribution in [1.29, 1.82) is 5.26 Å². The first-order valence-electron chi connectivity index (χ1n) is 10.8. The first kappa shape index (κ1) is 25.0. The lowest BCUT2D eigenvalue weighted by Gasteiger charge is -2.30. The van der Waals surface area contributed by atoms with Gasteiger partial charge in [-0.3, -0.25) is 4.31 Å². The molecule has 33 heavy (non-hydrogen) atoms. The normalized spacial score (nSPS) is 15.8. The van der Waals surface area contributed by atoms with Crippen molar-refractivity contribution in [2.75, 3.05) is 30.2 Å². The average molecular weight is 492 g/mol. The Bertz CT molecular complexity index is 1210. The van der Waals surface area contributed by atoms with E-state index in [0.717, 1.165) is 0 Å². The summed E-state index contributed by atoms with van der Waals surface area (Å²) < 4.78 is 58.9. The Balaban J connectivity index is 1.77.